The predicted molar refractivity (Wildman–Crippen MR) is 43.8 cm³/mol. The third-order valence-corrected chi connectivity index (χ3v) is 1.93. The molecule has 2 N–H and O–H groups in total. The molecule has 0 aromatic carbocycles. The minimum absolute atomic E-state index is 0.663. The van der Waals surface area contributed by atoms with Crippen LogP contribution in [0.5, 0.6) is 0 Å². The maximum Gasteiger partial charge on any atom is 0.0394 e. The van der Waals surface area contributed by atoms with Crippen molar-refractivity contribution in [2.45, 2.75) is 26.3 Å². The molecule has 58 valence electrons. The van der Waals surface area contributed by atoms with Gasteiger partial charge >= 0.3 is 0 Å². The topological polar surface area (TPSA) is 24.1 Å². The lowest BCUT2D eigenvalue weighted by Gasteiger charge is -2.11. The molecule has 1 saturated heterocycles. The van der Waals surface area contributed by atoms with Crippen molar-refractivity contribution in [1.29, 1.82) is 0 Å². The summed E-state index contributed by atoms with van der Waals surface area (Å²) in [7, 11) is 0. The third kappa shape index (κ3) is 2.03. The SMILES string of the molecule is C/C=C(\C)N[C@@H]1CCNC1. The molecule has 0 aromatic heterocycles. The van der Waals surface area contributed by atoms with E-state index in [2.05, 4.69) is 30.6 Å². The first-order valence-electron chi connectivity index (χ1n) is 3.93. The van der Waals surface area contributed by atoms with E-state index in [-0.39, 0.29) is 0 Å². The van der Waals surface area contributed by atoms with Crippen LogP contribution < -0.4 is 10.6 Å². The van der Waals surface area contributed by atoms with Gasteiger partial charge in [-0.15, -0.1) is 0 Å². The summed E-state index contributed by atoms with van der Waals surface area (Å²) in [4.78, 5) is 0. The first-order valence-corrected chi connectivity index (χ1v) is 3.93. The average Bonchev–Trinajstić information content (AvgIpc) is 2.40. The van der Waals surface area contributed by atoms with Gasteiger partial charge in [-0.3, -0.25) is 0 Å². The number of rotatable bonds is 2. The molecule has 2 heteroatoms. The minimum atomic E-state index is 0.663. The Bertz CT molecular complexity index is 123. The van der Waals surface area contributed by atoms with E-state index in [9.17, 15) is 0 Å². The van der Waals surface area contributed by atoms with Crippen LogP contribution >= 0.6 is 0 Å². The molecule has 10 heavy (non-hydrogen) atoms. The fraction of sp³-hybridized carbons (Fsp3) is 0.750. The highest BCUT2D eigenvalue weighted by atomic mass is 15.0. The van der Waals surface area contributed by atoms with Crippen molar-refractivity contribution in [2.75, 3.05) is 13.1 Å². The van der Waals surface area contributed by atoms with Gasteiger partial charge in [-0.05, 0) is 26.8 Å². The lowest BCUT2D eigenvalue weighted by Crippen LogP contribution is -2.29. The van der Waals surface area contributed by atoms with Crippen LogP contribution in [0.2, 0.25) is 0 Å². The normalized spacial score (nSPS) is 27.0. The molecule has 0 unspecified atom stereocenters. The Morgan fingerprint density at radius 1 is 1.70 bits per heavy atom. The van der Waals surface area contributed by atoms with Gasteiger partial charge in [0.05, 0.1) is 0 Å². The van der Waals surface area contributed by atoms with Gasteiger partial charge in [0.25, 0.3) is 0 Å². The van der Waals surface area contributed by atoms with Crippen molar-refractivity contribution >= 4 is 0 Å². The Morgan fingerprint density at radius 2 is 2.50 bits per heavy atom. The molecule has 1 heterocycles. The van der Waals surface area contributed by atoms with Crippen LogP contribution in [0.1, 0.15) is 20.3 Å². The molecule has 1 rings (SSSR count). The van der Waals surface area contributed by atoms with Crippen molar-refractivity contribution in [3.63, 3.8) is 0 Å². The summed E-state index contributed by atoms with van der Waals surface area (Å²) in [6.07, 6.45) is 3.36. The zero-order chi connectivity index (χ0) is 7.40. The van der Waals surface area contributed by atoms with E-state index in [1.165, 1.54) is 12.1 Å². The van der Waals surface area contributed by atoms with Gasteiger partial charge in [-0.2, -0.15) is 0 Å². The van der Waals surface area contributed by atoms with Crippen LogP contribution in [-0.2, 0) is 0 Å². The lowest BCUT2D eigenvalue weighted by atomic mass is 10.2. The van der Waals surface area contributed by atoms with Crippen molar-refractivity contribution in [3.8, 4) is 0 Å². The monoisotopic (exact) mass is 140 g/mol. The summed E-state index contributed by atoms with van der Waals surface area (Å²) < 4.78 is 0. The summed E-state index contributed by atoms with van der Waals surface area (Å²) in [5.74, 6) is 0. The quantitative estimate of drug-likeness (QED) is 0.594. The fourth-order valence-electron chi connectivity index (χ4n) is 1.18. The molecule has 0 bridgehead atoms. The van der Waals surface area contributed by atoms with Crippen LogP contribution in [0.25, 0.3) is 0 Å². The molecule has 1 atom stereocenters. The summed E-state index contributed by atoms with van der Waals surface area (Å²) in [5, 5.41) is 6.74. The first kappa shape index (κ1) is 7.61. The summed E-state index contributed by atoms with van der Waals surface area (Å²) in [6, 6.07) is 0.663. The highest BCUT2D eigenvalue weighted by Crippen LogP contribution is 1.99. The van der Waals surface area contributed by atoms with Crippen LogP contribution in [0, 0.1) is 0 Å². The van der Waals surface area contributed by atoms with Gasteiger partial charge in [0.15, 0.2) is 0 Å². The molecule has 1 aliphatic rings. The van der Waals surface area contributed by atoms with Gasteiger partial charge in [0.1, 0.15) is 0 Å². The summed E-state index contributed by atoms with van der Waals surface area (Å²) in [6.45, 7) is 6.45. The van der Waals surface area contributed by atoms with Crippen LogP contribution in [-0.4, -0.2) is 19.1 Å². The second-order valence-corrected chi connectivity index (χ2v) is 2.81. The first-order chi connectivity index (χ1) is 4.83. The highest BCUT2D eigenvalue weighted by molar-refractivity contribution is 4.96. The Kier molecular flexibility index (Phi) is 2.75. The van der Waals surface area contributed by atoms with E-state index in [0.717, 1.165) is 13.1 Å². The van der Waals surface area contributed by atoms with Crippen molar-refractivity contribution < 1.29 is 0 Å². The predicted octanol–water partition coefficient (Wildman–Crippen LogP) is 0.862. The van der Waals surface area contributed by atoms with Crippen molar-refractivity contribution in [2.24, 2.45) is 0 Å². The second kappa shape index (κ2) is 3.62. The number of nitrogens with one attached hydrogen (secondary N) is 2. The van der Waals surface area contributed by atoms with E-state index in [1.807, 2.05) is 0 Å². The largest absolute Gasteiger partial charge is 0.385 e. The van der Waals surface area contributed by atoms with Gasteiger partial charge in [-0.25, -0.2) is 0 Å². The molecule has 0 radical (unpaired) electrons. The van der Waals surface area contributed by atoms with Crippen LogP contribution in [0.3, 0.4) is 0 Å². The average molecular weight is 140 g/mol. The van der Waals surface area contributed by atoms with E-state index < -0.39 is 0 Å². The van der Waals surface area contributed by atoms with Crippen LogP contribution in [0.4, 0.5) is 0 Å². The summed E-state index contributed by atoms with van der Waals surface area (Å²) >= 11 is 0. The molecule has 0 spiro atoms. The number of hydrogen-bond acceptors (Lipinski definition) is 2. The summed E-state index contributed by atoms with van der Waals surface area (Å²) in [5.41, 5.74) is 1.29. The van der Waals surface area contributed by atoms with Gasteiger partial charge < -0.3 is 10.6 Å². The van der Waals surface area contributed by atoms with Gasteiger partial charge in [0, 0.05) is 18.3 Å². The molecule has 0 aliphatic carbocycles. The smallest absolute Gasteiger partial charge is 0.0394 e. The van der Waals surface area contributed by atoms with E-state index in [1.54, 1.807) is 0 Å². The van der Waals surface area contributed by atoms with Crippen molar-refractivity contribution in [3.05, 3.63) is 11.8 Å². The minimum Gasteiger partial charge on any atom is -0.385 e. The Labute approximate surface area is 62.7 Å². The van der Waals surface area contributed by atoms with Gasteiger partial charge in [0.2, 0.25) is 0 Å². The zero-order valence-corrected chi connectivity index (χ0v) is 6.78. The number of allylic oxidation sites excluding steroid dienone is 2. The molecule has 0 amide bonds. The zero-order valence-electron chi connectivity index (χ0n) is 6.78. The Morgan fingerprint density at radius 3 is 3.00 bits per heavy atom. The van der Waals surface area contributed by atoms with Crippen LogP contribution in [0.15, 0.2) is 11.8 Å². The second-order valence-electron chi connectivity index (χ2n) is 2.81. The maximum absolute atomic E-state index is 3.43. The Hall–Kier alpha value is -0.500. The molecular formula is C8H16N2. The number of hydrogen-bond donors (Lipinski definition) is 2. The highest BCUT2D eigenvalue weighted by Gasteiger charge is 2.12. The standard InChI is InChI=1S/C8H16N2/c1-3-7(2)10-8-4-5-9-6-8/h3,8-10H,4-6H2,1-2H3/b7-3+/t8-/m1/s1. The Balaban J connectivity index is 2.24. The van der Waals surface area contributed by atoms with E-state index in [0.29, 0.717) is 6.04 Å². The third-order valence-electron chi connectivity index (χ3n) is 1.93. The molecule has 0 saturated carbocycles. The molecule has 2 nitrogen and oxygen atoms in total. The van der Waals surface area contributed by atoms with Gasteiger partial charge in [-0.1, -0.05) is 6.08 Å². The van der Waals surface area contributed by atoms with Crippen molar-refractivity contribution in [1.82, 2.24) is 10.6 Å². The molecule has 0 aromatic rings. The maximum atomic E-state index is 3.43. The van der Waals surface area contributed by atoms with E-state index >= 15 is 0 Å². The molecule has 1 fully saturated rings. The molecule has 1 aliphatic heterocycles. The lowest BCUT2D eigenvalue weighted by molar-refractivity contribution is 0.613. The van der Waals surface area contributed by atoms with E-state index in [4.69, 9.17) is 0 Å². The molecular weight excluding hydrogens is 124 g/mol. The fourth-order valence-corrected chi connectivity index (χ4v) is 1.18.